The van der Waals surface area contributed by atoms with Crippen molar-refractivity contribution >= 4 is 36.4 Å². The van der Waals surface area contributed by atoms with Crippen molar-refractivity contribution in [3.05, 3.63) is 28.5 Å². The first-order valence-corrected chi connectivity index (χ1v) is 7.32. The minimum absolute atomic E-state index is 0. The Bertz CT molecular complexity index is 488. The third kappa shape index (κ3) is 4.62. The molecule has 0 saturated carbocycles. The molecule has 0 bridgehead atoms. The molecule has 2 N–H and O–H groups in total. The highest BCUT2D eigenvalue weighted by molar-refractivity contribution is 6.31. The smallest absolute Gasteiger partial charge is 0.165 e. The summed E-state index contributed by atoms with van der Waals surface area (Å²) in [5.41, 5.74) is 0.341. The Morgan fingerprint density at radius 2 is 1.77 bits per heavy atom. The van der Waals surface area contributed by atoms with E-state index in [0.29, 0.717) is 10.6 Å². The average Bonchev–Trinajstić information content (AvgIpc) is 2.39. The van der Waals surface area contributed by atoms with Crippen molar-refractivity contribution in [1.82, 2.24) is 10.2 Å². The molecule has 0 aliphatic carbocycles. The normalized spacial score (nSPS) is 17.3. The summed E-state index contributed by atoms with van der Waals surface area (Å²) >= 11 is 6.25. The number of rotatable bonds is 2. The summed E-state index contributed by atoms with van der Waals surface area (Å²) in [5.74, 6) is -0.940. The fraction of sp³-hybridized carbons (Fsp3) is 0.600. The van der Waals surface area contributed by atoms with Gasteiger partial charge in [0.2, 0.25) is 0 Å². The van der Waals surface area contributed by atoms with E-state index in [4.69, 9.17) is 11.6 Å². The van der Waals surface area contributed by atoms with Gasteiger partial charge in [0.15, 0.2) is 11.6 Å². The van der Waals surface area contributed by atoms with E-state index in [-0.39, 0.29) is 42.0 Å². The van der Waals surface area contributed by atoms with Crippen LogP contribution in [0.3, 0.4) is 0 Å². The van der Waals surface area contributed by atoms with Crippen molar-refractivity contribution in [2.24, 2.45) is 5.41 Å². The van der Waals surface area contributed by atoms with Crippen molar-refractivity contribution in [3.63, 3.8) is 0 Å². The molecule has 1 saturated heterocycles. The summed E-state index contributed by atoms with van der Waals surface area (Å²) in [4.78, 5) is 2.26. The summed E-state index contributed by atoms with van der Waals surface area (Å²) in [5, 5.41) is 13.9. The summed E-state index contributed by atoms with van der Waals surface area (Å²) in [6, 6.07) is 2.61. The molecule has 0 radical (unpaired) electrons. The van der Waals surface area contributed by atoms with Gasteiger partial charge in [-0.2, -0.15) is 0 Å². The lowest BCUT2D eigenvalue weighted by atomic mass is 9.80. The average molecular weight is 374 g/mol. The fourth-order valence-electron chi connectivity index (χ4n) is 2.92. The molecule has 1 aromatic carbocycles. The van der Waals surface area contributed by atoms with Crippen LogP contribution in [0.4, 0.5) is 4.39 Å². The van der Waals surface area contributed by atoms with Gasteiger partial charge in [-0.1, -0.05) is 32.4 Å². The van der Waals surface area contributed by atoms with E-state index >= 15 is 0 Å². The number of hydrogen-bond donors (Lipinski definition) is 2. The third-order valence-corrected chi connectivity index (χ3v) is 4.05. The monoisotopic (exact) mass is 372 g/mol. The number of halogens is 4. The highest BCUT2D eigenvalue weighted by atomic mass is 35.5. The van der Waals surface area contributed by atoms with Crippen molar-refractivity contribution in [2.45, 2.75) is 26.8 Å². The molecule has 2 rings (SSSR count). The number of phenolic OH excluding ortho intramolecular Hbond substituents is 1. The van der Waals surface area contributed by atoms with Crippen LogP contribution in [0.2, 0.25) is 5.02 Å². The lowest BCUT2D eigenvalue weighted by Gasteiger charge is -2.43. The molecular formula is C15H24Cl3FN2O. The first-order chi connectivity index (χ1) is 9.32. The van der Waals surface area contributed by atoms with Crippen LogP contribution in [-0.2, 0) is 0 Å². The zero-order valence-electron chi connectivity index (χ0n) is 13.0. The molecule has 0 amide bonds. The van der Waals surface area contributed by atoms with E-state index in [2.05, 4.69) is 31.0 Å². The van der Waals surface area contributed by atoms with Gasteiger partial charge < -0.3 is 10.4 Å². The predicted octanol–water partition coefficient (Wildman–Crippen LogP) is 4.02. The molecule has 1 aliphatic rings. The molecule has 0 unspecified atom stereocenters. The van der Waals surface area contributed by atoms with Gasteiger partial charge in [-0.3, -0.25) is 4.90 Å². The third-order valence-electron chi connectivity index (χ3n) is 3.73. The molecule has 1 aliphatic heterocycles. The quantitative estimate of drug-likeness (QED) is 0.822. The van der Waals surface area contributed by atoms with Crippen LogP contribution in [0.25, 0.3) is 0 Å². The summed E-state index contributed by atoms with van der Waals surface area (Å²) in [7, 11) is 0. The minimum Gasteiger partial charge on any atom is -0.505 e. The van der Waals surface area contributed by atoms with Crippen molar-refractivity contribution in [1.29, 1.82) is 0 Å². The number of piperazine rings is 1. The van der Waals surface area contributed by atoms with Gasteiger partial charge in [-0.25, -0.2) is 4.39 Å². The summed E-state index contributed by atoms with van der Waals surface area (Å²) < 4.78 is 13.7. The van der Waals surface area contributed by atoms with Crippen LogP contribution < -0.4 is 5.32 Å². The SMILES string of the molecule is CC(C)(C)[C@H](c1c(Cl)ccc(F)c1O)N1CCNCC1.Cl.Cl. The number of phenols is 1. The van der Waals surface area contributed by atoms with Gasteiger partial charge in [-0.15, -0.1) is 24.8 Å². The molecule has 0 aromatic heterocycles. The molecule has 1 fully saturated rings. The number of hydrogen-bond acceptors (Lipinski definition) is 3. The highest BCUT2D eigenvalue weighted by Gasteiger charge is 2.36. The van der Waals surface area contributed by atoms with E-state index in [1.54, 1.807) is 0 Å². The van der Waals surface area contributed by atoms with Crippen molar-refractivity contribution in [3.8, 4) is 5.75 Å². The van der Waals surface area contributed by atoms with Crippen LogP contribution in [0.15, 0.2) is 12.1 Å². The molecule has 7 heteroatoms. The van der Waals surface area contributed by atoms with E-state index in [9.17, 15) is 9.50 Å². The second-order valence-electron chi connectivity index (χ2n) is 6.35. The van der Waals surface area contributed by atoms with Gasteiger partial charge in [0.05, 0.1) is 0 Å². The maximum Gasteiger partial charge on any atom is 0.165 e. The number of benzene rings is 1. The first-order valence-electron chi connectivity index (χ1n) is 6.94. The van der Waals surface area contributed by atoms with E-state index < -0.39 is 5.82 Å². The van der Waals surface area contributed by atoms with E-state index in [1.165, 1.54) is 12.1 Å². The largest absolute Gasteiger partial charge is 0.505 e. The van der Waals surface area contributed by atoms with E-state index in [0.717, 1.165) is 26.2 Å². The van der Waals surface area contributed by atoms with Gasteiger partial charge >= 0.3 is 0 Å². The molecule has 1 heterocycles. The highest BCUT2D eigenvalue weighted by Crippen LogP contribution is 2.45. The molecule has 3 nitrogen and oxygen atoms in total. The van der Waals surface area contributed by atoms with Gasteiger partial charge in [0.25, 0.3) is 0 Å². The topological polar surface area (TPSA) is 35.5 Å². The second-order valence-corrected chi connectivity index (χ2v) is 6.75. The minimum atomic E-state index is -0.617. The number of nitrogens with zero attached hydrogens (tertiary/aromatic N) is 1. The van der Waals surface area contributed by atoms with Crippen LogP contribution in [0.5, 0.6) is 5.75 Å². The Morgan fingerprint density at radius 1 is 1.23 bits per heavy atom. The molecule has 1 atom stereocenters. The predicted molar refractivity (Wildman–Crippen MR) is 94.2 cm³/mol. The summed E-state index contributed by atoms with van der Waals surface area (Å²) in [6.07, 6.45) is 0. The van der Waals surface area contributed by atoms with Gasteiger partial charge in [0.1, 0.15) is 0 Å². The van der Waals surface area contributed by atoms with Crippen LogP contribution in [0, 0.1) is 11.2 Å². The maximum absolute atomic E-state index is 13.7. The molecule has 128 valence electrons. The lowest BCUT2D eigenvalue weighted by molar-refractivity contribution is 0.0839. The van der Waals surface area contributed by atoms with Gasteiger partial charge in [0, 0.05) is 42.8 Å². The fourth-order valence-corrected chi connectivity index (χ4v) is 3.18. The Balaban J connectivity index is 0.00000220. The Labute approximate surface area is 149 Å². The maximum atomic E-state index is 13.7. The second kappa shape index (κ2) is 8.55. The molecular weight excluding hydrogens is 350 g/mol. The van der Waals surface area contributed by atoms with E-state index in [1.807, 2.05) is 0 Å². The molecule has 22 heavy (non-hydrogen) atoms. The van der Waals surface area contributed by atoms with Crippen LogP contribution in [-0.4, -0.2) is 36.2 Å². The first kappa shape index (κ1) is 21.7. The molecule has 0 spiro atoms. The van der Waals surface area contributed by atoms with Crippen molar-refractivity contribution in [2.75, 3.05) is 26.2 Å². The zero-order valence-corrected chi connectivity index (χ0v) is 15.4. The summed E-state index contributed by atoms with van der Waals surface area (Å²) in [6.45, 7) is 9.74. The molecule has 1 aromatic rings. The van der Waals surface area contributed by atoms with Gasteiger partial charge in [-0.05, 0) is 17.5 Å². The Hall–Kier alpha value is -0.260. The zero-order chi connectivity index (χ0) is 14.9. The number of nitrogens with one attached hydrogen (secondary N) is 1. The van der Waals surface area contributed by atoms with Crippen LogP contribution >= 0.6 is 36.4 Å². The Morgan fingerprint density at radius 3 is 2.27 bits per heavy atom. The standard InChI is InChI=1S/C15H22ClFN2O.2ClH/c1-15(2,3)14(19-8-6-18-7-9-19)12-10(16)4-5-11(17)13(12)20;;/h4-5,14,18,20H,6-9H2,1-3H3;2*1H/t14-;;/m0../s1. The van der Waals surface area contributed by atoms with Crippen molar-refractivity contribution < 1.29 is 9.50 Å². The van der Waals surface area contributed by atoms with Crippen LogP contribution in [0.1, 0.15) is 32.4 Å². The Kier molecular flexibility index (Phi) is 8.45. The number of aromatic hydroxyl groups is 1. The lowest BCUT2D eigenvalue weighted by Crippen LogP contribution is -2.48.